The quantitative estimate of drug-likeness (QED) is 0.716. The van der Waals surface area contributed by atoms with Crippen molar-refractivity contribution in [2.75, 3.05) is 35.7 Å². The molecule has 6 nitrogen and oxygen atoms in total. The summed E-state index contributed by atoms with van der Waals surface area (Å²) >= 11 is 6.19. The van der Waals surface area contributed by atoms with Gasteiger partial charge in [0.25, 0.3) is 5.91 Å². The normalized spacial score (nSPS) is 17.0. The number of aryl methyl sites for hydroxylation is 1. The van der Waals surface area contributed by atoms with Gasteiger partial charge in [-0.25, -0.2) is 0 Å². The highest BCUT2D eigenvalue weighted by atomic mass is 35.5. The van der Waals surface area contributed by atoms with E-state index in [0.29, 0.717) is 28.7 Å². The maximum atomic E-state index is 13.0. The molecule has 3 N–H and O–H groups in total. The number of amides is 2. The topological polar surface area (TPSA) is 73.5 Å². The van der Waals surface area contributed by atoms with Gasteiger partial charge < -0.3 is 20.9 Å². The van der Waals surface area contributed by atoms with Crippen molar-refractivity contribution in [2.24, 2.45) is 0 Å². The van der Waals surface area contributed by atoms with Crippen LogP contribution >= 0.6 is 11.6 Å². The highest BCUT2D eigenvalue weighted by Crippen LogP contribution is 2.30. The van der Waals surface area contributed by atoms with E-state index in [4.69, 9.17) is 11.6 Å². The van der Waals surface area contributed by atoms with E-state index in [1.165, 1.54) is 0 Å². The number of piperidine rings is 1. The van der Waals surface area contributed by atoms with E-state index in [2.05, 4.69) is 16.0 Å². The number of fused-ring (bicyclic) bond motifs is 1. The lowest BCUT2D eigenvalue weighted by Gasteiger charge is -2.27. The monoisotopic (exact) mass is 412 g/mol. The molecule has 0 aromatic heterocycles. The van der Waals surface area contributed by atoms with Crippen molar-refractivity contribution in [3.05, 3.63) is 52.5 Å². The van der Waals surface area contributed by atoms with Gasteiger partial charge in [0.1, 0.15) is 0 Å². The first-order valence-corrected chi connectivity index (χ1v) is 10.4. The molecule has 2 aliphatic heterocycles. The first-order chi connectivity index (χ1) is 14.0. The Balaban J connectivity index is 1.55. The van der Waals surface area contributed by atoms with Gasteiger partial charge in [-0.3, -0.25) is 9.59 Å². The first-order valence-electron chi connectivity index (χ1n) is 9.99. The second kappa shape index (κ2) is 8.43. The van der Waals surface area contributed by atoms with E-state index in [0.717, 1.165) is 49.3 Å². The fourth-order valence-corrected chi connectivity index (χ4v) is 4.10. The van der Waals surface area contributed by atoms with E-state index >= 15 is 0 Å². The van der Waals surface area contributed by atoms with Crippen molar-refractivity contribution < 1.29 is 9.59 Å². The molecular weight excluding hydrogens is 388 g/mol. The van der Waals surface area contributed by atoms with Crippen molar-refractivity contribution in [3.63, 3.8) is 0 Å². The van der Waals surface area contributed by atoms with Crippen LogP contribution in [0, 0.1) is 0 Å². The molecule has 0 spiro atoms. The van der Waals surface area contributed by atoms with Gasteiger partial charge in [-0.05, 0) is 68.2 Å². The van der Waals surface area contributed by atoms with Gasteiger partial charge in [0.15, 0.2) is 0 Å². The fourth-order valence-electron chi connectivity index (χ4n) is 3.93. The van der Waals surface area contributed by atoms with Crippen LogP contribution in [0.1, 0.15) is 35.2 Å². The van der Waals surface area contributed by atoms with Crippen molar-refractivity contribution >= 4 is 40.5 Å². The molecule has 1 saturated heterocycles. The number of nitrogens with one attached hydrogen (secondary N) is 3. The van der Waals surface area contributed by atoms with Crippen molar-refractivity contribution in [1.82, 2.24) is 5.32 Å². The standard InChI is InChI=1S/C22H25ClN4O2/c1-27-20-13-17(5-2-14(20)3-7-21(27)28)26-22(29)18-6-4-15(23)12-19(18)25-16-8-10-24-11-9-16/h2,4-6,12-13,16,24-25H,3,7-11H2,1H3,(H,26,29). The Kier molecular flexibility index (Phi) is 5.74. The van der Waals surface area contributed by atoms with Gasteiger partial charge >= 0.3 is 0 Å². The van der Waals surface area contributed by atoms with Crippen LogP contribution in [-0.4, -0.2) is 38.0 Å². The second-order valence-electron chi connectivity index (χ2n) is 7.61. The van der Waals surface area contributed by atoms with Gasteiger partial charge in [-0.1, -0.05) is 17.7 Å². The minimum Gasteiger partial charge on any atom is -0.382 e. The predicted molar refractivity (Wildman–Crippen MR) is 117 cm³/mol. The Morgan fingerprint density at radius 1 is 1.14 bits per heavy atom. The highest BCUT2D eigenvalue weighted by molar-refractivity contribution is 6.31. The molecule has 2 aromatic carbocycles. The number of nitrogens with zero attached hydrogens (tertiary/aromatic N) is 1. The zero-order valence-corrected chi connectivity index (χ0v) is 17.2. The van der Waals surface area contributed by atoms with Crippen LogP contribution in [0.25, 0.3) is 0 Å². The Bertz CT molecular complexity index is 940. The number of carbonyl (C=O) groups excluding carboxylic acids is 2. The molecule has 4 rings (SSSR count). The van der Waals surface area contributed by atoms with Gasteiger partial charge in [-0.2, -0.15) is 0 Å². The summed E-state index contributed by atoms with van der Waals surface area (Å²) in [6.07, 6.45) is 3.25. The molecule has 2 aromatic rings. The fraction of sp³-hybridized carbons (Fsp3) is 0.364. The molecule has 152 valence electrons. The molecule has 0 radical (unpaired) electrons. The summed E-state index contributed by atoms with van der Waals surface area (Å²) in [6.45, 7) is 1.92. The molecule has 0 unspecified atom stereocenters. The third-order valence-corrected chi connectivity index (χ3v) is 5.85. The average Bonchev–Trinajstić information content (AvgIpc) is 2.72. The third-order valence-electron chi connectivity index (χ3n) is 5.61. The van der Waals surface area contributed by atoms with Crippen molar-refractivity contribution in [2.45, 2.75) is 31.7 Å². The van der Waals surface area contributed by atoms with E-state index in [1.54, 1.807) is 30.1 Å². The van der Waals surface area contributed by atoms with E-state index in [9.17, 15) is 9.59 Å². The predicted octanol–water partition coefficient (Wildman–Crippen LogP) is 3.67. The van der Waals surface area contributed by atoms with Crippen molar-refractivity contribution in [1.29, 1.82) is 0 Å². The summed E-state index contributed by atoms with van der Waals surface area (Å²) in [5.74, 6) is -0.116. The molecule has 0 atom stereocenters. The molecule has 2 heterocycles. The van der Waals surface area contributed by atoms with Crippen LogP contribution < -0.4 is 20.9 Å². The number of halogens is 1. The van der Waals surface area contributed by atoms with Crippen LogP contribution in [0.5, 0.6) is 0 Å². The molecule has 7 heteroatoms. The van der Waals surface area contributed by atoms with E-state index in [1.807, 2.05) is 18.2 Å². The van der Waals surface area contributed by atoms with Crippen LogP contribution in [0.2, 0.25) is 5.02 Å². The van der Waals surface area contributed by atoms with Crippen LogP contribution in [0.3, 0.4) is 0 Å². The maximum Gasteiger partial charge on any atom is 0.257 e. The summed E-state index contributed by atoms with van der Waals surface area (Å²) in [7, 11) is 1.77. The van der Waals surface area contributed by atoms with Crippen LogP contribution in [-0.2, 0) is 11.2 Å². The minimum absolute atomic E-state index is 0.0899. The Morgan fingerprint density at radius 2 is 1.93 bits per heavy atom. The van der Waals surface area contributed by atoms with Gasteiger partial charge in [0, 0.05) is 41.6 Å². The molecule has 0 saturated carbocycles. The van der Waals surface area contributed by atoms with E-state index in [-0.39, 0.29) is 11.8 Å². The Labute approximate surface area is 175 Å². The summed E-state index contributed by atoms with van der Waals surface area (Å²) in [4.78, 5) is 26.7. The molecule has 2 amide bonds. The molecule has 2 aliphatic rings. The smallest absolute Gasteiger partial charge is 0.257 e. The highest BCUT2D eigenvalue weighted by Gasteiger charge is 2.22. The first kappa shape index (κ1) is 19.7. The molecule has 0 aliphatic carbocycles. The molecule has 1 fully saturated rings. The van der Waals surface area contributed by atoms with Gasteiger partial charge in [-0.15, -0.1) is 0 Å². The zero-order chi connectivity index (χ0) is 20.4. The largest absolute Gasteiger partial charge is 0.382 e. The SMILES string of the molecule is CN1C(=O)CCc2ccc(NC(=O)c3ccc(Cl)cc3NC3CCNCC3)cc21. The van der Waals surface area contributed by atoms with Gasteiger partial charge in [0.2, 0.25) is 5.91 Å². The second-order valence-corrected chi connectivity index (χ2v) is 8.05. The number of benzene rings is 2. The Hall–Kier alpha value is -2.57. The van der Waals surface area contributed by atoms with Crippen LogP contribution in [0.4, 0.5) is 17.1 Å². The summed E-state index contributed by atoms with van der Waals surface area (Å²) < 4.78 is 0. The molecular formula is C22H25ClN4O2. The summed E-state index contributed by atoms with van der Waals surface area (Å²) in [6, 6.07) is 11.3. The van der Waals surface area contributed by atoms with E-state index < -0.39 is 0 Å². The minimum atomic E-state index is -0.206. The molecule has 29 heavy (non-hydrogen) atoms. The van der Waals surface area contributed by atoms with Crippen LogP contribution in [0.15, 0.2) is 36.4 Å². The lowest BCUT2D eigenvalue weighted by Crippen LogP contribution is -2.35. The number of hydrogen-bond donors (Lipinski definition) is 3. The van der Waals surface area contributed by atoms with Gasteiger partial charge in [0.05, 0.1) is 5.56 Å². The summed E-state index contributed by atoms with van der Waals surface area (Å²) in [5, 5.41) is 10.4. The maximum absolute atomic E-state index is 13.0. The lowest BCUT2D eigenvalue weighted by atomic mass is 10.0. The van der Waals surface area contributed by atoms with Crippen molar-refractivity contribution in [3.8, 4) is 0 Å². The summed E-state index contributed by atoms with van der Waals surface area (Å²) in [5.41, 5.74) is 3.92. The number of carbonyl (C=O) groups is 2. The Morgan fingerprint density at radius 3 is 2.72 bits per heavy atom. The number of rotatable bonds is 4. The third kappa shape index (κ3) is 4.38. The zero-order valence-electron chi connectivity index (χ0n) is 16.4. The number of hydrogen-bond acceptors (Lipinski definition) is 4. The average molecular weight is 413 g/mol. The molecule has 0 bridgehead atoms. The number of anilines is 3. The lowest BCUT2D eigenvalue weighted by molar-refractivity contribution is -0.118.